The summed E-state index contributed by atoms with van der Waals surface area (Å²) in [5.41, 5.74) is 5.82. The van der Waals surface area contributed by atoms with Crippen molar-refractivity contribution in [3.05, 3.63) is 0 Å². The predicted octanol–water partition coefficient (Wildman–Crippen LogP) is 2.56. The molecule has 4 heteroatoms. The number of ether oxygens (including phenoxy) is 1. The van der Waals surface area contributed by atoms with Gasteiger partial charge in [0.15, 0.2) is 0 Å². The molecule has 0 radical (unpaired) electrons. The molecule has 2 atom stereocenters. The van der Waals surface area contributed by atoms with Crippen LogP contribution < -0.4 is 5.73 Å². The van der Waals surface area contributed by atoms with Gasteiger partial charge in [0.1, 0.15) is 0 Å². The maximum atomic E-state index is 12.7. The first-order valence-corrected chi connectivity index (χ1v) is 9.38. The van der Waals surface area contributed by atoms with E-state index in [1.807, 2.05) is 0 Å². The highest BCUT2D eigenvalue weighted by atomic mass is 16.5. The first-order chi connectivity index (χ1) is 10.8. The molecule has 2 N–H and O–H groups in total. The van der Waals surface area contributed by atoms with Crippen LogP contribution in [0.3, 0.4) is 0 Å². The van der Waals surface area contributed by atoms with Crippen molar-refractivity contribution in [3.63, 3.8) is 0 Å². The lowest BCUT2D eigenvalue weighted by Crippen LogP contribution is -2.45. The molecule has 1 aliphatic heterocycles. The van der Waals surface area contributed by atoms with Crippen LogP contribution in [0.5, 0.6) is 0 Å². The van der Waals surface area contributed by atoms with Gasteiger partial charge in [0.05, 0.1) is 6.10 Å². The summed E-state index contributed by atoms with van der Waals surface area (Å²) in [5.74, 6) is 1.77. The van der Waals surface area contributed by atoms with Gasteiger partial charge in [-0.15, -0.1) is 0 Å². The predicted molar refractivity (Wildman–Crippen MR) is 87.4 cm³/mol. The summed E-state index contributed by atoms with van der Waals surface area (Å²) in [7, 11) is 0. The molecule has 1 saturated heterocycles. The van der Waals surface area contributed by atoms with Gasteiger partial charge in [-0.2, -0.15) is 0 Å². The van der Waals surface area contributed by atoms with Crippen molar-refractivity contribution in [1.82, 2.24) is 4.90 Å². The van der Waals surface area contributed by atoms with Crippen molar-refractivity contribution >= 4 is 5.91 Å². The van der Waals surface area contributed by atoms with E-state index in [9.17, 15) is 4.79 Å². The number of hydrogen-bond acceptors (Lipinski definition) is 3. The monoisotopic (exact) mass is 308 g/mol. The van der Waals surface area contributed by atoms with Crippen LogP contribution in [0, 0.1) is 17.8 Å². The number of carbonyl (C=O) groups excluding carboxylic acids is 1. The van der Waals surface area contributed by atoms with Crippen LogP contribution in [0.15, 0.2) is 0 Å². The minimum atomic E-state index is 0.195. The fourth-order valence-corrected chi connectivity index (χ4v) is 4.57. The number of hydrogen-bond donors (Lipinski definition) is 1. The molecule has 0 bridgehead atoms. The summed E-state index contributed by atoms with van der Waals surface area (Å²) < 4.78 is 6.10. The molecule has 1 amide bonds. The number of likely N-dealkylation sites (tertiary alicyclic amines) is 1. The smallest absolute Gasteiger partial charge is 0.226 e. The Hall–Kier alpha value is -0.610. The molecule has 3 fully saturated rings. The molecule has 1 heterocycles. The Morgan fingerprint density at radius 3 is 2.41 bits per heavy atom. The van der Waals surface area contributed by atoms with Gasteiger partial charge in [-0.25, -0.2) is 0 Å². The van der Waals surface area contributed by atoms with E-state index in [0.29, 0.717) is 24.5 Å². The Kier molecular flexibility index (Phi) is 5.75. The van der Waals surface area contributed by atoms with E-state index in [2.05, 4.69) is 4.90 Å². The van der Waals surface area contributed by atoms with E-state index in [-0.39, 0.29) is 5.92 Å². The summed E-state index contributed by atoms with van der Waals surface area (Å²) in [4.78, 5) is 14.8. The molecule has 22 heavy (non-hydrogen) atoms. The third-order valence-corrected chi connectivity index (χ3v) is 6.08. The van der Waals surface area contributed by atoms with Gasteiger partial charge in [0.2, 0.25) is 5.91 Å². The van der Waals surface area contributed by atoms with Crippen LogP contribution in [0.4, 0.5) is 0 Å². The molecule has 0 aromatic rings. The van der Waals surface area contributed by atoms with Gasteiger partial charge >= 0.3 is 0 Å². The number of nitrogens with two attached hydrogens (primary N) is 1. The lowest BCUT2D eigenvalue weighted by Gasteiger charge is -2.35. The molecule has 4 nitrogen and oxygen atoms in total. The lowest BCUT2D eigenvalue weighted by molar-refractivity contribution is -0.139. The zero-order chi connectivity index (χ0) is 15.4. The average molecular weight is 308 g/mol. The Morgan fingerprint density at radius 2 is 1.73 bits per heavy atom. The third-order valence-electron chi connectivity index (χ3n) is 6.08. The van der Waals surface area contributed by atoms with E-state index >= 15 is 0 Å². The molecule has 126 valence electrons. The number of nitrogens with zero attached hydrogens (tertiary/aromatic N) is 1. The van der Waals surface area contributed by atoms with Crippen LogP contribution in [-0.4, -0.2) is 43.2 Å². The van der Waals surface area contributed by atoms with Crippen molar-refractivity contribution in [2.45, 2.75) is 63.9 Å². The van der Waals surface area contributed by atoms with Crippen LogP contribution in [-0.2, 0) is 9.53 Å². The summed E-state index contributed by atoms with van der Waals surface area (Å²) in [6.45, 7) is 3.36. The largest absolute Gasteiger partial charge is 0.378 e. The Morgan fingerprint density at radius 1 is 1.00 bits per heavy atom. The summed E-state index contributed by atoms with van der Waals surface area (Å²) in [6.07, 6.45) is 11.2. The minimum Gasteiger partial charge on any atom is -0.378 e. The first kappa shape index (κ1) is 16.3. The van der Waals surface area contributed by atoms with Crippen molar-refractivity contribution < 1.29 is 9.53 Å². The molecular weight excluding hydrogens is 276 g/mol. The van der Waals surface area contributed by atoms with Gasteiger partial charge in [-0.1, -0.05) is 19.3 Å². The van der Waals surface area contributed by atoms with E-state index in [0.717, 1.165) is 51.3 Å². The van der Waals surface area contributed by atoms with E-state index < -0.39 is 0 Å². The molecule has 2 saturated carbocycles. The Labute approximate surface area is 134 Å². The van der Waals surface area contributed by atoms with E-state index in [4.69, 9.17) is 10.5 Å². The van der Waals surface area contributed by atoms with E-state index in [1.54, 1.807) is 0 Å². The van der Waals surface area contributed by atoms with Gasteiger partial charge < -0.3 is 15.4 Å². The zero-order valence-corrected chi connectivity index (χ0v) is 13.8. The minimum absolute atomic E-state index is 0.195. The number of carbonyl (C=O) groups is 1. The van der Waals surface area contributed by atoms with Crippen molar-refractivity contribution in [3.8, 4) is 0 Å². The maximum absolute atomic E-state index is 12.7. The van der Waals surface area contributed by atoms with Crippen LogP contribution in [0.1, 0.15) is 57.8 Å². The van der Waals surface area contributed by atoms with Crippen LogP contribution in [0.2, 0.25) is 0 Å². The lowest BCUT2D eigenvalue weighted by atomic mass is 9.93. The number of amides is 1. The molecule has 0 unspecified atom stereocenters. The molecule has 0 aromatic heterocycles. The van der Waals surface area contributed by atoms with Gasteiger partial charge in [-0.05, 0) is 56.9 Å². The normalized spacial score (nSPS) is 31.0. The average Bonchev–Trinajstić information content (AvgIpc) is 3.23. The second-order valence-corrected chi connectivity index (χ2v) is 7.54. The number of rotatable bonds is 5. The third kappa shape index (κ3) is 3.83. The molecule has 3 rings (SSSR count). The van der Waals surface area contributed by atoms with Crippen molar-refractivity contribution in [2.24, 2.45) is 23.5 Å². The fourth-order valence-electron chi connectivity index (χ4n) is 4.57. The molecule has 0 aromatic carbocycles. The highest BCUT2D eigenvalue weighted by molar-refractivity contribution is 5.79. The highest BCUT2D eigenvalue weighted by Crippen LogP contribution is 2.33. The van der Waals surface area contributed by atoms with E-state index in [1.165, 1.54) is 32.1 Å². The Bertz CT molecular complexity index is 360. The number of piperidine rings is 1. The summed E-state index contributed by atoms with van der Waals surface area (Å²) in [5, 5.41) is 0. The van der Waals surface area contributed by atoms with Gasteiger partial charge in [0.25, 0.3) is 0 Å². The van der Waals surface area contributed by atoms with Crippen molar-refractivity contribution in [2.75, 3.05) is 26.2 Å². The second-order valence-electron chi connectivity index (χ2n) is 7.54. The second kappa shape index (κ2) is 7.78. The summed E-state index contributed by atoms with van der Waals surface area (Å²) >= 11 is 0. The maximum Gasteiger partial charge on any atom is 0.226 e. The SMILES string of the molecule is NC[C@H]1CCC[C@H]1C(=O)N1CCC(OCC2CCCC2)CC1. The molecule has 0 spiro atoms. The standard InChI is InChI=1S/C18H32N2O2/c19-12-15-6-3-7-17(15)18(21)20-10-8-16(9-11-20)22-13-14-4-1-2-5-14/h14-17H,1-13,19H2/t15-,17-/m1/s1. The molecular formula is C18H32N2O2. The molecule has 3 aliphatic rings. The fraction of sp³-hybridized carbons (Fsp3) is 0.944. The van der Waals surface area contributed by atoms with Crippen molar-refractivity contribution in [1.29, 1.82) is 0 Å². The zero-order valence-electron chi connectivity index (χ0n) is 13.8. The van der Waals surface area contributed by atoms with Gasteiger partial charge in [0, 0.05) is 25.6 Å². The Balaban J connectivity index is 1.40. The first-order valence-electron chi connectivity index (χ1n) is 9.38. The molecule has 2 aliphatic carbocycles. The van der Waals surface area contributed by atoms with Crippen LogP contribution >= 0.6 is 0 Å². The van der Waals surface area contributed by atoms with Gasteiger partial charge in [-0.3, -0.25) is 4.79 Å². The summed E-state index contributed by atoms with van der Waals surface area (Å²) in [6, 6.07) is 0. The topological polar surface area (TPSA) is 55.6 Å². The highest BCUT2D eigenvalue weighted by Gasteiger charge is 2.36. The van der Waals surface area contributed by atoms with Crippen LogP contribution in [0.25, 0.3) is 0 Å². The quantitative estimate of drug-likeness (QED) is 0.849.